The number of halogens is 1. The normalized spacial score (nSPS) is 10.8. The summed E-state index contributed by atoms with van der Waals surface area (Å²) < 4.78 is 1.89. The molecule has 1 heterocycles. The third-order valence-corrected chi connectivity index (χ3v) is 4.92. The number of nitrogens with zero attached hydrogens (tertiary/aromatic N) is 3. The van der Waals surface area contributed by atoms with E-state index in [0.29, 0.717) is 21.5 Å². The molecule has 0 unspecified atom stereocenters. The van der Waals surface area contributed by atoms with Gasteiger partial charge in [0.05, 0.1) is 5.75 Å². The molecule has 0 atom stereocenters. The van der Waals surface area contributed by atoms with Crippen LogP contribution in [0.2, 0.25) is 5.02 Å². The van der Waals surface area contributed by atoms with Crippen LogP contribution in [0, 0.1) is 6.92 Å². The number of aromatic nitrogens is 3. The number of rotatable bonds is 5. The molecule has 3 rings (SSSR count). The molecule has 0 aliphatic rings. The summed E-state index contributed by atoms with van der Waals surface area (Å²) in [5.41, 5.74) is 2.79. The molecule has 2 aromatic carbocycles. The highest BCUT2D eigenvalue weighted by molar-refractivity contribution is 7.99. The van der Waals surface area contributed by atoms with Crippen molar-refractivity contribution in [2.75, 3.05) is 5.75 Å². The van der Waals surface area contributed by atoms with Crippen LogP contribution in [-0.2, 0) is 7.05 Å². The molecule has 1 aromatic heterocycles. The van der Waals surface area contributed by atoms with E-state index in [1.807, 2.05) is 67.1 Å². The summed E-state index contributed by atoms with van der Waals surface area (Å²) in [7, 11) is 1.89. The van der Waals surface area contributed by atoms with Crippen molar-refractivity contribution in [2.45, 2.75) is 12.1 Å². The van der Waals surface area contributed by atoms with E-state index < -0.39 is 0 Å². The van der Waals surface area contributed by atoms with Crippen molar-refractivity contribution in [3.63, 3.8) is 0 Å². The van der Waals surface area contributed by atoms with Gasteiger partial charge in [0, 0.05) is 23.2 Å². The van der Waals surface area contributed by atoms with Crippen molar-refractivity contribution in [2.24, 2.45) is 7.05 Å². The van der Waals surface area contributed by atoms with Crippen LogP contribution in [0.1, 0.15) is 15.9 Å². The minimum atomic E-state index is 0.0797. The van der Waals surface area contributed by atoms with Crippen molar-refractivity contribution < 1.29 is 4.79 Å². The Labute approximate surface area is 149 Å². The average Bonchev–Trinajstić information content (AvgIpc) is 2.95. The van der Waals surface area contributed by atoms with E-state index in [-0.39, 0.29) is 5.78 Å². The zero-order valence-corrected chi connectivity index (χ0v) is 14.9. The molecule has 4 nitrogen and oxygen atoms in total. The fourth-order valence-electron chi connectivity index (χ4n) is 2.24. The van der Waals surface area contributed by atoms with E-state index in [1.165, 1.54) is 11.8 Å². The van der Waals surface area contributed by atoms with Crippen LogP contribution in [0.3, 0.4) is 0 Å². The van der Waals surface area contributed by atoms with Crippen molar-refractivity contribution >= 4 is 29.1 Å². The van der Waals surface area contributed by atoms with Crippen molar-refractivity contribution in [1.82, 2.24) is 14.8 Å². The highest BCUT2D eigenvalue weighted by Crippen LogP contribution is 2.24. The summed E-state index contributed by atoms with van der Waals surface area (Å²) in [6.45, 7) is 2.00. The number of thioether (sulfide) groups is 1. The second-order valence-electron chi connectivity index (χ2n) is 5.45. The van der Waals surface area contributed by atoms with Gasteiger partial charge in [-0.1, -0.05) is 53.2 Å². The third-order valence-electron chi connectivity index (χ3n) is 3.64. The lowest BCUT2D eigenvalue weighted by atomic mass is 10.1. The van der Waals surface area contributed by atoms with Crippen LogP contribution < -0.4 is 0 Å². The maximum absolute atomic E-state index is 12.3. The Morgan fingerprint density at radius 1 is 1.08 bits per heavy atom. The first kappa shape index (κ1) is 16.7. The van der Waals surface area contributed by atoms with Crippen molar-refractivity contribution in [3.05, 3.63) is 64.7 Å². The molecule has 3 aromatic rings. The van der Waals surface area contributed by atoms with E-state index in [2.05, 4.69) is 10.2 Å². The summed E-state index contributed by atoms with van der Waals surface area (Å²) in [6, 6.07) is 15.0. The molecule has 0 aliphatic heterocycles. The molecular formula is C18H16ClN3OS. The highest BCUT2D eigenvalue weighted by atomic mass is 35.5. The van der Waals surface area contributed by atoms with E-state index >= 15 is 0 Å². The lowest BCUT2D eigenvalue weighted by Crippen LogP contribution is -2.04. The Bertz CT molecular complexity index is 857. The van der Waals surface area contributed by atoms with Gasteiger partial charge in [-0.2, -0.15) is 0 Å². The summed E-state index contributed by atoms with van der Waals surface area (Å²) in [5, 5.41) is 9.79. The third kappa shape index (κ3) is 3.68. The summed E-state index contributed by atoms with van der Waals surface area (Å²) in [6.07, 6.45) is 0. The molecule has 0 radical (unpaired) electrons. The quantitative estimate of drug-likeness (QED) is 0.501. The smallest absolute Gasteiger partial charge is 0.191 e. The van der Waals surface area contributed by atoms with E-state index in [4.69, 9.17) is 11.6 Å². The average molecular weight is 358 g/mol. The molecule has 0 fully saturated rings. The zero-order chi connectivity index (χ0) is 17.1. The van der Waals surface area contributed by atoms with Crippen LogP contribution in [-0.4, -0.2) is 26.3 Å². The molecule has 0 aliphatic carbocycles. The molecular weight excluding hydrogens is 342 g/mol. The maximum atomic E-state index is 12.3. The molecule has 122 valence electrons. The number of benzene rings is 2. The van der Waals surface area contributed by atoms with Gasteiger partial charge in [-0.3, -0.25) is 4.79 Å². The van der Waals surface area contributed by atoms with Gasteiger partial charge < -0.3 is 4.57 Å². The molecule has 0 saturated heterocycles. The van der Waals surface area contributed by atoms with Crippen LogP contribution in [0.5, 0.6) is 0 Å². The van der Waals surface area contributed by atoms with Gasteiger partial charge in [0.2, 0.25) is 0 Å². The first-order valence-corrected chi connectivity index (χ1v) is 8.79. The summed E-state index contributed by atoms with van der Waals surface area (Å²) in [5.74, 6) is 1.16. The predicted molar refractivity (Wildman–Crippen MR) is 97.7 cm³/mol. The monoisotopic (exact) mass is 357 g/mol. The molecule has 0 amide bonds. The van der Waals surface area contributed by atoms with Gasteiger partial charge in [0.15, 0.2) is 16.8 Å². The second-order valence-corrected chi connectivity index (χ2v) is 6.83. The van der Waals surface area contributed by atoms with Crippen molar-refractivity contribution in [1.29, 1.82) is 0 Å². The standard InChI is InChI=1S/C18H16ClN3OS/c1-12-3-5-13(6-4-12)16(23)11-24-18-21-20-17(22(18)2)14-7-9-15(19)10-8-14/h3-10H,11H2,1-2H3. The van der Waals surface area contributed by atoms with Gasteiger partial charge in [-0.05, 0) is 31.2 Å². The minimum Gasteiger partial charge on any atom is -0.305 e. The van der Waals surface area contributed by atoms with Crippen LogP contribution in [0.15, 0.2) is 53.7 Å². The maximum Gasteiger partial charge on any atom is 0.191 e. The topological polar surface area (TPSA) is 47.8 Å². The molecule has 6 heteroatoms. The minimum absolute atomic E-state index is 0.0797. The Morgan fingerprint density at radius 3 is 2.42 bits per heavy atom. The fraction of sp³-hybridized carbons (Fsp3) is 0.167. The predicted octanol–water partition coefficient (Wildman–Crippen LogP) is 4.42. The van der Waals surface area contributed by atoms with Crippen LogP contribution in [0.4, 0.5) is 0 Å². The summed E-state index contributed by atoms with van der Waals surface area (Å²) in [4.78, 5) is 12.3. The van der Waals surface area contributed by atoms with Crippen LogP contribution >= 0.6 is 23.4 Å². The van der Waals surface area contributed by atoms with E-state index in [1.54, 1.807) is 0 Å². The highest BCUT2D eigenvalue weighted by Gasteiger charge is 2.13. The van der Waals surface area contributed by atoms with Crippen molar-refractivity contribution in [3.8, 4) is 11.4 Å². The second kappa shape index (κ2) is 7.20. The Morgan fingerprint density at radius 2 is 1.75 bits per heavy atom. The molecule has 0 saturated carbocycles. The zero-order valence-electron chi connectivity index (χ0n) is 13.4. The molecule has 0 bridgehead atoms. The SMILES string of the molecule is Cc1ccc(C(=O)CSc2nnc(-c3ccc(Cl)cc3)n2C)cc1. The summed E-state index contributed by atoms with van der Waals surface area (Å²) >= 11 is 7.30. The largest absolute Gasteiger partial charge is 0.305 e. The van der Waals surface area contributed by atoms with Gasteiger partial charge in [0.1, 0.15) is 0 Å². The van der Waals surface area contributed by atoms with Gasteiger partial charge in [-0.25, -0.2) is 0 Å². The Balaban J connectivity index is 1.71. The number of aryl methyl sites for hydroxylation is 1. The molecule has 0 spiro atoms. The number of carbonyl (C=O) groups is 1. The lowest BCUT2D eigenvalue weighted by molar-refractivity contribution is 0.102. The molecule has 0 N–H and O–H groups in total. The van der Waals surface area contributed by atoms with Gasteiger partial charge in [0.25, 0.3) is 0 Å². The number of hydrogen-bond donors (Lipinski definition) is 0. The Kier molecular flexibility index (Phi) is 5.02. The number of Topliss-reactive ketones (excluding diaryl/α,β-unsaturated/α-hetero) is 1. The van der Waals surface area contributed by atoms with Crippen LogP contribution in [0.25, 0.3) is 11.4 Å². The Hall–Kier alpha value is -2.11. The molecule has 24 heavy (non-hydrogen) atoms. The van der Waals surface area contributed by atoms with E-state index in [0.717, 1.165) is 17.0 Å². The van der Waals surface area contributed by atoms with E-state index in [9.17, 15) is 4.79 Å². The first-order chi connectivity index (χ1) is 11.5. The van der Waals surface area contributed by atoms with Gasteiger partial charge >= 0.3 is 0 Å². The fourth-order valence-corrected chi connectivity index (χ4v) is 3.18. The number of carbonyl (C=O) groups excluding carboxylic acids is 1. The van der Waals surface area contributed by atoms with Gasteiger partial charge in [-0.15, -0.1) is 10.2 Å². The number of ketones is 1. The lowest BCUT2D eigenvalue weighted by Gasteiger charge is -2.04. The first-order valence-electron chi connectivity index (χ1n) is 7.42. The number of hydrogen-bond acceptors (Lipinski definition) is 4.